The van der Waals surface area contributed by atoms with Crippen LogP contribution in [0.1, 0.15) is 43.5 Å². The SMILES string of the molecule is CC1CCCC(C)N1Nc1cccc(C(=O)O)c1N. The number of nitrogen functional groups attached to an aromatic ring is 1. The maximum Gasteiger partial charge on any atom is 0.337 e. The molecule has 0 amide bonds. The van der Waals surface area contributed by atoms with Crippen molar-refractivity contribution < 1.29 is 9.90 Å². The summed E-state index contributed by atoms with van der Waals surface area (Å²) in [6.07, 6.45) is 3.50. The van der Waals surface area contributed by atoms with Crippen LogP contribution < -0.4 is 11.2 Å². The summed E-state index contributed by atoms with van der Waals surface area (Å²) in [4.78, 5) is 11.1. The van der Waals surface area contributed by atoms with Crippen LogP contribution in [0.15, 0.2) is 18.2 Å². The van der Waals surface area contributed by atoms with Crippen LogP contribution in [0, 0.1) is 0 Å². The minimum absolute atomic E-state index is 0.141. The van der Waals surface area contributed by atoms with Crippen molar-refractivity contribution in [3.63, 3.8) is 0 Å². The highest BCUT2D eigenvalue weighted by atomic mass is 16.4. The summed E-state index contributed by atoms with van der Waals surface area (Å²) >= 11 is 0. The predicted octanol–water partition coefficient (Wildman–Crippen LogP) is 2.56. The largest absolute Gasteiger partial charge is 0.478 e. The first-order valence-electron chi connectivity index (χ1n) is 6.67. The molecule has 1 aliphatic heterocycles. The lowest BCUT2D eigenvalue weighted by Crippen LogP contribution is -2.47. The van der Waals surface area contributed by atoms with Crippen molar-refractivity contribution in [1.29, 1.82) is 0 Å². The molecule has 5 heteroatoms. The topological polar surface area (TPSA) is 78.6 Å². The van der Waals surface area contributed by atoms with Gasteiger partial charge in [-0.15, -0.1) is 0 Å². The number of anilines is 2. The molecule has 1 aliphatic rings. The van der Waals surface area contributed by atoms with E-state index in [2.05, 4.69) is 24.3 Å². The summed E-state index contributed by atoms with van der Waals surface area (Å²) in [6, 6.07) is 5.87. The second kappa shape index (κ2) is 5.48. The van der Waals surface area contributed by atoms with E-state index in [0.717, 1.165) is 12.8 Å². The van der Waals surface area contributed by atoms with Crippen molar-refractivity contribution in [2.75, 3.05) is 11.2 Å². The van der Waals surface area contributed by atoms with E-state index in [9.17, 15) is 4.79 Å². The zero-order valence-corrected chi connectivity index (χ0v) is 11.4. The molecule has 2 rings (SSSR count). The van der Waals surface area contributed by atoms with E-state index in [0.29, 0.717) is 23.5 Å². The second-order valence-corrected chi connectivity index (χ2v) is 5.22. The molecule has 104 valence electrons. The van der Waals surface area contributed by atoms with E-state index in [1.54, 1.807) is 6.07 Å². The van der Waals surface area contributed by atoms with Gasteiger partial charge in [-0.1, -0.05) is 12.5 Å². The number of rotatable bonds is 3. The van der Waals surface area contributed by atoms with Crippen LogP contribution in [-0.2, 0) is 0 Å². The van der Waals surface area contributed by atoms with E-state index in [1.165, 1.54) is 12.5 Å². The van der Waals surface area contributed by atoms with Gasteiger partial charge in [0.25, 0.3) is 0 Å². The number of carbonyl (C=O) groups is 1. The lowest BCUT2D eigenvalue weighted by atomic mass is 10.00. The van der Waals surface area contributed by atoms with Gasteiger partial charge in [0.2, 0.25) is 0 Å². The summed E-state index contributed by atoms with van der Waals surface area (Å²) in [7, 11) is 0. The maximum atomic E-state index is 11.1. The van der Waals surface area contributed by atoms with Gasteiger partial charge in [0.1, 0.15) is 0 Å². The van der Waals surface area contributed by atoms with E-state index < -0.39 is 5.97 Å². The predicted molar refractivity (Wildman–Crippen MR) is 76.1 cm³/mol. The fourth-order valence-electron chi connectivity index (χ4n) is 2.63. The summed E-state index contributed by atoms with van der Waals surface area (Å²) in [6.45, 7) is 4.33. The van der Waals surface area contributed by atoms with Crippen molar-refractivity contribution in [3.05, 3.63) is 23.8 Å². The van der Waals surface area contributed by atoms with Crippen LogP contribution in [0.3, 0.4) is 0 Å². The molecular weight excluding hydrogens is 242 g/mol. The number of carboxylic acids is 1. The van der Waals surface area contributed by atoms with Crippen molar-refractivity contribution in [3.8, 4) is 0 Å². The second-order valence-electron chi connectivity index (χ2n) is 5.22. The Morgan fingerprint density at radius 3 is 2.58 bits per heavy atom. The molecule has 0 bridgehead atoms. The fourth-order valence-corrected chi connectivity index (χ4v) is 2.63. The van der Waals surface area contributed by atoms with Gasteiger partial charge in [-0.25, -0.2) is 9.80 Å². The number of hydrogen-bond donors (Lipinski definition) is 3. The van der Waals surface area contributed by atoms with Crippen LogP contribution >= 0.6 is 0 Å². The van der Waals surface area contributed by atoms with Gasteiger partial charge >= 0.3 is 5.97 Å². The number of benzene rings is 1. The van der Waals surface area contributed by atoms with Gasteiger partial charge in [-0.2, -0.15) is 0 Å². The Kier molecular flexibility index (Phi) is 3.95. The first kappa shape index (κ1) is 13.7. The minimum Gasteiger partial charge on any atom is -0.478 e. The summed E-state index contributed by atoms with van der Waals surface area (Å²) in [5, 5.41) is 11.2. The van der Waals surface area contributed by atoms with E-state index in [-0.39, 0.29) is 5.56 Å². The molecule has 0 saturated carbocycles. The average Bonchev–Trinajstić information content (AvgIpc) is 2.35. The summed E-state index contributed by atoms with van der Waals surface area (Å²) in [5.41, 5.74) is 10.3. The highest BCUT2D eigenvalue weighted by Gasteiger charge is 2.25. The zero-order valence-electron chi connectivity index (χ0n) is 11.4. The van der Waals surface area contributed by atoms with E-state index in [1.807, 2.05) is 6.07 Å². The van der Waals surface area contributed by atoms with Crippen LogP contribution in [-0.4, -0.2) is 28.2 Å². The van der Waals surface area contributed by atoms with Gasteiger partial charge in [-0.3, -0.25) is 0 Å². The average molecular weight is 263 g/mol. The molecule has 1 fully saturated rings. The first-order chi connectivity index (χ1) is 9.00. The quantitative estimate of drug-likeness (QED) is 0.730. The number of nitrogens with two attached hydrogens (primary N) is 1. The number of aromatic carboxylic acids is 1. The Morgan fingerprint density at radius 2 is 2.00 bits per heavy atom. The molecule has 2 unspecified atom stereocenters. The number of hydrazine groups is 1. The molecule has 1 saturated heterocycles. The molecule has 1 aromatic carbocycles. The normalized spacial score (nSPS) is 24.1. The van der Waals surface area contributed by atoms with Gasteiger partial charge < -0.3 is 16.3 Å². The van der Waals surface area contributed by atoms with E-state index >= 15 is 0 Å². The number of nitrogens with one attached hydrogen (secondary N) is 1. The Morgan fingerprint density at radius 1 is 1.37 bits per heavy atom. The van der Waals surface area contributed by atoms with Crippen LogP contribution in [0.25, 0.3) is 0 Å². The van der Waals surface area contributed by atoms with Crippen LogP contribution in [0.2, 0.25) is 0 Å². The Hall–Kier alpha value is -1.75. The van der Waals surface area contributed by atoms with E-state index in [4.69, 9.17) is 10.8 Å². The number of hydrogen-bond acceptors (Lipinski definition) is 4. The van der Waals surface area contributed by atoms with Crippen molar-refractivity contribution in [2.45, 2.75) is 45.2 Å². The number of para-hydroxylation sites is 1. The third-order valence-electron chi connectivity index (χ3n) is 3.78. The number of carboxylic acid groups (broad SMARTS) is 1. The fraction of sp³-hybridized carbons (Fsp3) is 0.500. The third-order valence-corrected chi connectivity index (χ3v) is 3.78. The Balaban J connectivity index is 2.23. The Labute approximate surface area is 113 Å². The number of piperidine rings is 1. The molecule has 0 aromatic heterocycles. The molecule has 5 nitrogen and oxygen atoms in total. The number of nitrogens with zero attached hydrogens (tertiary/aromatic N) is 1. The van der Waals surface area contributed by atoms with Gasteiger partial charge in [0, 0.05) is 12.1 Å². The lowest BCUT2D eigenvalue weighted by Gasteiger charge is -2.39. The van der Waals surface area contributed by atoms with Gasteiger partial charge in [-0.05, 0) is 38.8 Å². The molecule has 4 N–H and O–H groups in total. The van der Waals surface area contributed by atoms with Gasteiger partial charge in [0.15, 0.2) is 0 Å². The molecule has 0 radical (unpaired) electrons. The van der Waals surface area contributed by atoms with Crippen molar-refractivity contribution >= 4 is 17.3 Å². The molecular formula is C14H21N3O2. The van der Waals surface area contributed by atoms with Crippen LogP contribution in [0.4, 0.5) is 11.4 Å². The third kappa shape index (κ3) is 2.81. The summed E-state index contributed by atoms with van der Waals surface area (Å²) < 4.78 is 0. The molecule has 1 heterocycles. The monoisotopic (exact) mass is 263 g/mol. The molecule has 0 aliphatic carbocycles. The van der Waals surface area contributed by atoms with Crippen molar-refractivity contribution in [1.82, 2.24) is 5.01 Å². The zero-order chi connectivity index (χ0) is 14.0. The summed E-state index contributed by atoms with van der Waals surface area (Å²) in [5.74, 6) is -0.999. The van der Waals surface area contributed by atoms with Crippen molar-refractivity contribution in [2.24, 2.45) is 0 Å². The van der Waals surface area contributed by atoms with Crippen LogP contribution in [0.5, 0.6) is 0 Å². The highest BCUT2D eigenvalue weighted by molar-refractivity contribution is 5.97. The minimum atomic E-state index is -0.999. The lowest BCUT2D eigenvalue weighted by molar-refractivity contribution is 0.0698. The van der Waals surface area contributed by atoms with Gasteiger partial charge in [0.05, 0.1) is 16.9 Å². The first-order valence-corrected chi connectivity index (χ1v) is 6.67. The smallest absolute Gasteiger partial charge is 0.337 e. The molecule has 19 heavy (non-hydrogen) atoms. The molecule has 2 atom stereocenters. The maximum absolute atomic E-state index is 11.1. The Bertz CT molecular complexity index is 466. The standard InChI is InChI=1S/C14H21N3O2/c1-9-5-3-6-10(2)17(9)16-12-8-4-7-11(13(12)15)14(18)19/h4,7-10,16H,3,5-6,15H2,1-2H3,(H,18,19). The molecule has 0 spiro atoms. The highest BCUT2D eigenvalue weighted by Crippen LogP contribution is 2.28. The molecule has 1 aromatic rings.